The number of oxime groups is 1. The molecule has 0 spiro atoms. The summed E-state index contributed by atoms with van der Waals surface area (Å²) in [7, 11) is 1.57. The minimum atomic E-state index is -0.793. The Morgan fingerprint density at radius 2 is 1.81 bits per heavy atom. The SMILES string of the molecule is CO/N=C(/C1=Cc2ccccc2C1)c1cccc(COc2ccc(CCC(=O)O)cc2)c1. The minimum absolute atomic E-state index is 0.125. The summed E-state index contributed by atoms with van der Waals surface area (Å²) in [6.07, 6.45) is 3.63. The van der Waals surface area contributed by atoms with Crippen molar-refractivity contribution in [3.8, 4) is 5.75 Å². The van der Waals surface area contributed by atoms with Crippen molar-refractivity contribution in [2.24, 2.45) is 5.16 Å². The van der Waals surface area contributed by atoms with E-state index in [4.69, 9.17) is 14.7 Å². The van der Waals surface area contributed by atoms with Crippen LogP contribution in [0.15, 0.2) is 83.5 Å². The monoisotopic (exact) mass is 427 g/mol. The highest BCUT2D eigenvalue weighted by molar-refractivity contribution is 6.16. The normalized spacial score (nSPS) is 12.8. The van der Waals surface area contributed by atoms with Crippen molar-refractivity contribution < 1.29 is 19.5 Å². The Morgan fingerprint density at radius 3 is 2.56 bits per heavy atom. The lowest BCUT2D eigenvalue weighted by atomic mass is 9.99. The molecule has 32 heavy (non-hydrogen) atoms. The summed E-state index contributed by atoms with van der Waals surface area (Å²) in [4.78, 5) is 15.9. The Labute approximate surface area is 187 Å². The first-order valence-electron chi connectivity index (χ1n) is 10.6. The summed E-state index contributed by atoms with van der Waals surface area (Å²) < 4.78 is 5.94. The maximum absolute atomic E-state index is 10.7. The van der Waals surface area contributed by atoms with Crippen LogP contribution in [0.25, 0.3) is 6.08 Å². The van der Waals surface area contributed by atoms with E-state index in [1.807, 2.05) is 48.5 Å². The Kier molecular flexibility index (Phi) is 6.66. The number of aliphatic carboxylic acids is 1. The van der Waals surface area contributed by atoms with Gasteiger partial charge in [-0.1, -0.05) is 59.8 Å². The molecule has 0 unspecified atom stereocenters. The lowest BCUT2D eigenvalue weighted by Crippen LogP contribution is -2.07. The molecule has 0 saturated heterocycles. The standard InChI is InChI=1S/C27H25NO4/c1-31-28-27(24-16-21-6-2-3-7-22(21)17-24)23-8-4-5-20(15-23)18-32-25-12-9-19(10-13-25)11-14-26(29)30/h2-10,12-13,15-16H,11,14,17-18H2,1H3,(H,29,30)/b28-27+. The average Bonchev–Trinajstić information content (AvgIpc) is 3.24. The zero-order valence-electron chi connectivity index (χ0n) is 18.0. The van der Waals surface area contributed by atoms with Crippen LogP contribution in [0.3, 0.4) is 0 Å². The molecule has 3 aromatic rings. The second-order valence-electron chi connectivity index (χ2n) is 7.69. The average molecular weight is 428 g/mol. The van der Waals surface area contributed by atoms with Crippen LogP contribution in [0, 0.1) is 0 Å². The van der Waals surface area contributed by atoms with Gasteiger partial charge in [0, 0.05) is 18.4 Å². The van der Waals surface area contributed by atoms with Crippen molar-refractivity contribution in [3.63, 3.8) is 0 Å². The van der Waals surface area contributed by atoms with E-state index >= 15 is 0 Å². The third-order valence-corrected chi connectivity index (χ3v) is 5.41. The number of benzene rings is 3. The Bertz CT molecular complexity index is 1160. The smallest absolute Gasteiger partial charge is 0.303 e. The molecule has 0 heterocycles. The molecule has 0 aromatic heterocycles. The third-order valence-electron chi connectivity index (χ3n) is 5.41. The van der Waals surface area contributed by atoms with Crippen molar-refractivity contribution in [3.05, 3.63) is 106 Å². The second-order valence-corrected chi connectivity index (χ2v) is 7.69. The summed E-state index contributed by atoms with van der Waals surface area (Å²) in [5.41, 5.74) is 7.45. The van der Waals surface area contributed by atoms with Gasteiger partial charge in [-0.3, -0.25) is 4.79 Å². The summed E-state index contributed by atoms with van der Waals surface area (Å²) in [6.45, 7) is 0.418. The van der Waals surface area contributed by atoms with E-state index in [9.17, 15) is 4.79 Å². The number of ether oxygens (including phenoxy) is 1. The molecule has 3 aromatic carbocycles. The molecule has 0 saturated carbocycles. The first-order chi connectivity index (χ1) is 15.6. The second kappa shape index (κ2) is 9.96. The maximum Gasteiger partial charge on any atom is 0.303 e. The number of allylic oxidation sites excluding steroid dienone is 1. The highest BCUT2D eigenvalue weighted by atomic mass is 16.6. The fourth-order valence-corrected chi connectivity index (χ4v) is 3.80. The van der Waals surface area contributed by atoms with E-state index in [-0.39, 0.29) is 6.42 Å². The molecule has 162 valence electrons. The van der Waals surface area contributed by atoms with Crippen molar-refractivity contribution in [2.45, 2.75) is 25.9 Å². The van der Waals surface area contributed by atoms with Gasteiger partial charge in [-0.15, -0.1) is 0 Å². The van der Waals surface area contributed by atoms with Gasteiger partial charge < -0.3 is 14.7 Å². The Hall–Kier alpha value is -3.86. The number of hydrogen-bond acceptors (Lipinski definition) is 4. The number of carboxylic acids is 1. The van der Waals surface area contributed by atoms with Gasteiger partial charge in [-0.05, 0) is 58.5 Å². The number of carbonyl (C=O) groups is 1. The molecule has 0 aliphatic heterocycles. The molecule has 0 atom stereocenters. The van der Waals surface area contributed by atoms with Crippen LogP contribution in [-0.4, -0.2) is 23.9 Å². The van der Waals surface area contributed by atoms with Crippen LogP contribution in [0.4, 0.5) is 0 Å². The molecule has 1 aliphatic carbocycles. The number of hydrogen-bond donors (Lipinski definition) is 1. The van der Waals surface area contributed by atoms with Crippen LogP contribution in [0.5, 0.6) is 5.75 Å². The number of fused-ring (bicyclic) bond motifs is 1. The van der Waals surface area contributed by atoms with Crippen LogP contribution in [-0.2, 0) is 29.1 Å². The molecule has 5 nitrogen and oxygen atoms in total. The predicted molar refractivity (Wildman–Crippen MR) is 125 cm³/mol. The highest BCUT2D eigenvalue weighted by Crippen LogP contribution is 2.28. The molecule has 5 heteroatoms. The molecule has 0 amide bonds. The highest BCUT2D eigenvalue weighted by Gasteiger charge is 2.19. The van der Waals surface area contributed by atoms with Gasteiger partial charge >= 0.3 is 5.97 Å². The fraction of sp³-hybridized carbons (Fsp3) is 0.185. The minimum Gasteiger partial charge on any atom is -0.489 e. The molecular formula is C27H25NO4. The molecule has 0 radical (unpaired) electrons. The van der Waals surface area contributed by atoms with Crippen molar-refractivity contribution in [1.82, 2.24) is 0 Å². The van der Waals surface area contributed by atoms with E-state index in [2.05, 4.69) is 35.5 Å². The number of nitrogens with zero attached hydrogens (tertiary/aromatic N) is 1. The van der Waals surface area contributed by atoms with E-state index in [1.165, 1.54) is 11.1 Å². The molecular weight excluding hydrogens is 402 g/mol. The van der Waals surface area contributed by atoms with Crippen LogP contribution in [0.2, 0.25) is 0 Å². The van der Waals surface area contributed by atoms with Gasteiger partial charge in [-0.2, -0.15) is 0 Å². The lowest BCUT2D eigenvalue weighted by Gasteiger charge is -2.11. The lowest BCUT2D eigenvalue weighted by molar-refractivity contribution is -0.136. The third kappa shape index (κ3) is 5.24. The van der Waals surface area contributed by atoms with Crippen LogP contribution >= 0.6 is 0 Å². The fourth-order valence-electron chi connectivity index (χ4n) is 3.80. The van der Waals surface area contributed by atoms with Gasteiger partial charge in [0.1, 0.15) is 25.2 Å². The number of rotatable bonds is 9. The zero-order valence-corrected chi connectivity index (χ0v) is 18.0. The van der Waals surface area contributed by atoms with Crippen molar-refractivity contribution in [2.75, 3.05) is 7.11 Å². The molecule has 0 bridgehead atoms. The largest absolute Gasteiger partial charge is 0.489 e. The molecule has 1 aliphatic rings. The van der Waals surface area contributed by atoms with Gasteiger partial charge in [0.25, 0.3) is 0 Å². The molecule has 1 N–H and O–H groups in total. The van der Waals surface area contributed by atoms with Gasteiger partial charge in [0.05, 0.1) is 0 Å². The van der Waals surface area contributed by atoms with Gasteiger partial charge in [-0.25, -0.2) is 0 Å². The number of aryl methyl sites for hydroxylation is 1. The Morgan fingerprint density at radius 1 is 1.00 bits per heavy atom. The zero-order chi connectivity index (χ0) is 22.3. The van der Waals surface area contributed by atoms with Gasteiger partial charge in [0.15, 0.2) is 0 Å². The maximum atomic E-state index is 10.7. The van der Waals surface area contributed by atoms with E-state index < -0.39 is 5.97 Å². The molecule has 4 rings (SSSR count). The first-order valence-corrected chi connectivity index (χ1v) is 10.6. The summed E-state index contributed by atoms with van der Waals surface area (Å²) in [5.74, 6) is -0.0481. The predicted octanol–water partition coefficient (Wildman–Crippen LogP) is 5.27. The summed E-state index contributed by atoms with van der Waals surface area (Å²) in [6, 6.07) is 24.0. The van der Waals surface area contributed by atoms with E-state index in [0.29, 0.717) is 13.0 Å². The van der Waals surface area contributed by atoms with Crippen molar-refractivity contribution >= 4 is 17.8 Å². The van der Waals surface area contributed by atoms with E-state index in [0.717, 1.165) is 40.1 Å². The first kappa shape index (κ1) is 21.4. The molecule has 0 fully saturated rings. The summed E-state index contributed by atoms with van der Waals surface area (Å²) >= 11 is 0. The number of carboxylic acid groups (broad SMARTS) is 1. The van der Waals surface area contributed by atoms with Crippen LogP contribution in [0.1, 0.15) is 34.2 Å². The quantitative estimate of drug-likeness (QED) is 0.373. The van der Waals surface area contributed by atoms with Crippen LogP contribution < -0.4 is 4.74 Å². The van der Waals surface area contributed by atoms with E-state index in [1.54, 1.807) is 7.11 Å². The van der Waals surface area contributed by atoms with Gasteiger partial charge in [0.2, 0.25) is 0 Å². The topological polar surface area (TPSA) is 68.1 Å². The Balaban J connectivity index is 1.45. The van der Waals surface area contributed by atoms with Crippen molar-refractivity contribution in [1.29, 1.82) is 0 Å². The summed E-state index contributed by atoms with van der Waals surface area (Å²) in [5, 5.41) is 13.1.